The second kappa shape index (κ2) is 6.02. The highest BCUT2D eigenvalue weighted by molar-refractivity contribution is 5.86. The van der Waals surface area contributed by atoms with Gasteiger partial charge in [-0.2, -0.15) is 0 Å². The summed E-state index contributed by atoms with van der Waals surface area (Å²) in [6.07, 6.45) is 4.44. The molecule has 1 fully saturated rings. The molecule has 1 aliphatic carbocycles. The zero-order valence-electron chi connectivity index (χ0n) is 12.0. The summed E-state index contributed by atoms with van der Waals surface area (Å²) in [5.74, 6) is 0.500. The Bertz CT molecular complexity index is 292. The smallest absolute Gasteiger partial charge is 0.240 e. The highest BCUT2D eigenvalue weighted by atomic mass is 16.3. The minimum Gasteiger partial charge on any atom is -0.396 e. The molecule has 2 unspecified atom stereocenters. The quantitative estimate of drug-likeness (QED) is 0.696. The van der Waals surface area contributed by atoms with Crippen LogP contribution in [0.2, 0.25) is 0 Å². The van der Waals surface area contributed by atoms with Crippen molar-refractivity contribution in [3.05, 3.63) is 0 Å². The summed E-state index contributed by atoms with van der Waals surface area (Å²) >= 11 is 0. The molecule has 1 aliphatic rings. The van der Waals surface area contributed by atoms with Gasteiger partial charge >= 0.3 is 0 Å². The van der Waals surface area contributed by atoms with E-state index in [1.54, 1.807) is 0 Å². The van der Waals surface area contributed by atoms with Gasteiger partial charge in [-0.05, 0) is 30.6 Å². The molecule has 1 saturated carbocycles. The Hall–Kier alpha value is -0.610. The molecule has 4 nitrogen and oxygen atoms in total. The Morgan fingerprint density at radius 2 is 2.22 bits per heavy atom. The molecule has 1 amide bonds. The number of hydrogen-bond donors (Lipinski definition) is 3. The molecule has 4 heteroatoms. The standard InChI is InChI=1S/C14H28N2O2/c1-11-5-4-6-14(15,9-11)12(18)16-10-13(2,3)7-8-17/h11,17H,4-10,15H2,1-3H3,(H,16,18). The summed E-state index contributed by atoms with van der Waals surface area (Å²) in [5, 5.41) is 11.9. The predicted octanol–water partition coefficient (Wildman–Crippen LogP) is 1.42. The third-order valence-corrected chi connectivity index (χ3v) is 4.00. The van der Waals surface area contributed by atoms with Crippen molar-refractivity contribution in [1.29, 1.82) is 0 Å². The fourth-order valence-electron chi connectivity index (χ4n) is 2.68. The predicted molar refractivity (Wildman–Crippen MR) is 73.0 cm³/mol. The molecule has 0 radical (unpaired) electrons. The van der Waals surface area contributed by atoms with Crippen molar-refractivity contribution in [3.8, 4) is 0 Å². The van der Waals surface area contributed by atoms with Crippen LogP contribution in [0.15, 0.2) is 0 Å². The van der Waals surface area contributed by atoms with Crippen LogP contribution in [-0.4, -0.2) is 29.7 Å². The van der Waals surface area contributed by atoms with Gasteiger partial charge in [0.2, 0.25) is 5.91 Å². The largest absolute Gasteiger partial charge is 0.396 e. The van der Waals surface area contributed by atoms with Crippen LogP contribution in [0.5, 0.6) is 0 Å². The molecule has 0 spiro atoms. The number of amides is 1. The molecule has 0 aliphatic heterocycles. The van der Waals surface area contributed by atoms with E-state index in [2.05, 4.69) is 12.2 Å². The summed E-state index contributed by atoms with van der Waals surface area (Å²) in [4.78, 5) is 12.2. The maximum atomic E-state index is 12.2. The average Bonchev–Trinajstić information content (AvgIpc) is 2.25. The summed E-state index contributed by atoms with van der Waals surface area (Å²) < 4.78 is 0. The third-order valence-electron chi connectivity index (χ3n) is 4.00. The maximum absolute atomic E-state index is 12.2. The van der Waals surface area contributed by atoms with Crippen LogP contribution >= 0.6 is 0 Å². The van der Waals surface area contributed by atoms with E-state index in [-0.39, 0.29) is 17.9 Å². The molecule has 0 aromatic heterocycles. The zero-order valence-corrected chi connectivity index (χ0v) is 12.0. The second-order valence-electron chi connectivity index (χ2n) is 6.68. The van der Waals surface area contributed by atoms with Gasteiger partial charge in [0.15, 0.2) is 0 Å². The molecule has 0 saturated heterocycles. The Balaban J connectivity index is 2.49. The number of carbonyl (C=O) groups is 1. The molecule has 1 rings (SSSR count). The fourth-order valence-corrected chi connectivity index (χ4v) is 2.68. The Kier molecular flexibility index (Phi) is 5.17. The molecular formula is C14H28N2O2. The van der Waals surface area contributed by atoms with Gasteiger partial charge in [-0.1, -0.05) is 33.6 Å². The number of nitrogens with two attached hydrogens (primary N) is 1. The van der Waals surface area contributed by atoms with E-state index in [0.717, 1.165) is 19.3 Å². The SMILES string of the molecule is CC1CCCC(N)(C(=O)NCC(C)(C)CCO)C1. The van der Waals surface area contributed by atoms with Gasteiger partial charge in [-0.25, -0.2) is 0 Å². The van der Waals surface area contributed by atoms with Crippen LogP contribution in [0.25, 0.3) is 0 Å². The van der Waals surface area contributed by atoms with E-state index >= 15 is 0 Å². The highest BCUT2D eigenvalue weighted by Gasteiger charge is 2.38. The Morgan fingerprint density at radius 3 is 2.78 bits per heavy atom. The molecule has 2 atom stereocenters. The lowest BCUT2D eigenvalue weighted by atomic mass is 9.76. The summed E-state index contributed by atoms with van der Waals surface area (Å²) in [6, 6.07) is 0. The second-order valence-corrected chi connectivity index (χ2v) is 6.68. The van der Waals surface area contributed by atoms with Gasteiger partial charge in [-0.15, -0.1) is 0 Å². The van der Waals surface area contributed by atoms with E-state index < -0.39 is 5.54 Å². The van der Waals surface area contributed by atoms with Crippen molar-refractivity contribution in [2.45, 2.75) is 58.4 Å². The van der Waals surface area contributed by atoms with Crippen molar-refractivity contribution >= 4 is 5.91 Å². The van der Waals surface area contributed by atoms with Crippen molar-refractivity contribution in [2.24, 2.45) is 17.1 Å². The number of hydrogen-bond acceptors (Lipinski definition) is 3. The molecule has 106 valence electrons. The van der Waals surface area contributed by atoms with E-state index in [4.69, 9.17) is 10.8 Å². The lowest BCUT2D eigenvalue weighted by molar-refractivity contribution is -0.128. The number of aliphatic hydroxyl groups excluding tert-OH is 1. The van der Waals surface area contributed by atoms with E-state index in [9.17, 15) is 4.79 Å². The molecule has 0 heterocycles. The molecule has 0 aromatic carbocycles. The van der Waals surface area contributed by atoms with Crippen LogP contribution in [-0.2, 0) is 4.79 Å². The first kappa shape index (κ1) is 15.4. The van der Waals surface area contributed by atoms with Gasteiger partial charge in [0.05, 0.1) is 5.54 Å². The average molecular weight is 256 g/mol. The first-order valence-corrected chi connectivity index (χ1v) is 6.97. The third kappa shape index (κ3) is 4.25. The summed E-state index contributed by atoms with van der Waals surface area (Å²) in [7, 11) is 0. The van der Waals surface area contributed by atoms with Gasteiger partial charge in [0, 0.05) is 13.2 Å². The highest BCUT2D eigenvalue weighted by Crippen LogP contribution is 2.30. The normalized spacial score (nSPS) is 29.1. The van der Waals surface area contributed by atoms with E-state index in [1.807, 2.05) is 13.8 Å². The molecule has 4 N–H and O–H groups in total. The van der Waals surface area contributed by atoms with Crippen LogP contribution in [0.3, 0.4) is 0 Å². The van der Waals surface area contributed by atoms with Crippen LogP contribution in [0.1, 0.15) is 52.9 Å². The van der Waals surface area contributed by atoms with Gasteiger partial charge < -0.3 is 16.2 Å². The number of aliphatic hydroxyl groups is 1. The lowest BCUT2D eigenvalue weighted by Gasteiger charge is -2.36. The molecule has 0 bridgehead atoms. The van der Waals surface area contributed by atoms with Crippen molar-refractivity contribution < 1.29 is 9.90 Å². The lowest BCUT2D eigenvalue weighted by Crippen LogP contribution is -2.57. The van der Waals surface area contributed by atoms with Crippen molar-refractivity contribution in [2.75, 3.05) is 13.2 Å². The number of rotatable bonds is 5. The monoisotopic (exact) mass is 256 g/mol. The number of nitrogens with one attached hydrogen (secondary N) is 1. The molecule has 0 aromatic rings. The Labute approximate surface area is 110 Å². The minimum atomic E-state index is -0.688. The van der Waals surface area contributed by atoms with E-state index in [1.165, 1.54) is 6.42 Å². The molecule has 18 heavy (non-hydrogen) atoms. The Morgan fingerprint density at radius 1 is 1.56 bits per heavy atom. The fraction of sp³-hybridized carbons (Fsp3) is 0.929. The first-order chi connectivity index (χ1) is 8.29. The maximum Gasteiger partial charge on any atom is 0.240 e. The summed E-state index contributed by atoms with van der Waals surface area (Å²) in [5.41, 5.74) is 5.47. The summed E-state index contributed by atoms with van der Waals surface area (Å²) in [6.45, 7) is 6.95. The van der Waals surface area contributed by atoms with Crippen molar-refractivity contribution in [1.82, 2.24) is 5.32 Å². The zero-order chi connectivity index (χ0) is 13.8. The van der Waals surface area contributed by atoms with Crippen molar-refractivity contribution in [3.63, 3.8) is 0 Å². The van der Waals surface area contributed by atoms with Gasteiger partial charge in [0.1, 0.15) is 0 Å². The van der Waals surface area contributed by atoms with Gasteiger partial charge in [0.25, 0.3) is 0 Å². The van der Waals surface area contributed by atoms with Gasteiger partial charge in [-0.3, -0.25) is 4.79 Å². The van der Waals surface area contributed by atoms with Crippen LogP contribution < -0.4 is 11.1 Å². The first-order valence-electron chi connectivity index (χ1n) is 6.97. The number of carbonyl (C=O) groups excluding carboxylic acids is 1. The van der Waals surface area contributed by atoms with E-state index in [0.29, 0.717) is 18.9 Å². The minimum absolute atomic E-state index is 0.0277. The molecular weight excluding hydrogens is 228 g/mol. The van der Waals surface area contributed by atoms with Crippen LogP contribution in [0.4, 0.5) is 0 Å². The topological polar surface area (TPSA) is 75.4 Å². The van der Waals surface area contributed by atoms with Crippen LogP contribution in [0, 0.1) is 11.3 Å².